The van der Waals surface area contributed by atoms with E-state index in [1.165, 1.54) is 0 Å². The molecule has 5 heterocycles. The van der Waals surface area contributed by atoms with Gasteiger partial charge < -0.3 is 24.2 Å². The van der Waals surface area contributed by atoms with Gasteiger partial charge in [0, 0.05) is 41.4 Å². The van der Waals surface area contributed by atoms with Gasteiger partial charge in [0.15, 0.2) is 6.10 Å². The van der Waals surface area contributed by atoms with Gasteiger partial charge in [-0.2, -0.15) is 0 Å². The summed E-state index contributed by atoms with van der Waals surface area (Å²) in [6.07, 6.45) is 2.25. The van der Waals surface area contributed by atoms with Crippen LogP contribution in [0.4, 0.5) is 0 Å². The smallest absolute Gasteiger partial charge is 0.253 e. The highest BCUT2D eigenvalue weighted by Gasteiger charge is 2.48. The minimum atomic E-state index is -0.616. The van der Waals surface area contributed by atoms with Gasteiger partial charge in [-0.15, -0.1) is 11.3 Å². The average molecular weight is 541 g/mol. The lowest BCUT2D eigenvalue weighted by Crippen LogP contribution is -2.37. The van der Waals surface area contributed by atoms with Crippen LogP contribution in [0.2, 0.25) is 5.02 Å². The van der Waals surface area contributed by atoms with Crippen LogP contribution in [0, 0.1) is 5.92 Å². The second-order valence-electron chi connectivity index (χ2n) is 10.1. The molecule has 6 rings (SSSR count). The molecular weight excluding hydrogens is 512 g/mol. The third kappa shape index (κ3) is 5.01. The molecule has 2 aromatic heterocycles. The monoisotopic (exact) mass is 540 g/mol. The third-order valence-electron chi connectivity index (χ3n) is 7.47. The second-order valence-corrected chi connectivity index (χ2v) is 11.4. The highest BCUT2D eigenvalue weighted by atomic mass is 35.5. The quantitative estimate of drug-likeness (QED) is 0.495. The molecule has 1 N–H and O–H groups in total. The molecule has 0 spiro atoms. The second kappa shape index (κ2) is 10.3. The van der Waals surface area contributed by atoms with Gasteiger partial charge in [0.25, 0.3) is 5.91 Å². The number of aliphatic hydroxyl groups is 1. The predicted octanol–water partition coefficient (Wildman–Crippen LogP) is 4.91. The fourth-order valence-electron chi connectivity index (χ4n) is 5.22. The summed E-state index contributed by atoms with van der Waals surface area (Å²) in [6.45, 7) is 4.45. The van der Waals surface area contributed by atoms with E-state index in [-0.39, 0.29) is 30.8 Å². The number of piperidine rings is 1. The van der Waals surface area contributed by atoms with Crippen molar-refractivity contribution in [1.82, 2.24) is 9.88 Å². The van der Waals surface area contributed by atoms with Crippen molar-refractivity contribution >= 4 is 28.8 Å². The van der Waals surface area contributed by atoms with Gasteiger partial charge in [-0.25, -0.2) is 4.98 Å². The maximum atomic E-state index is 13.0. The Labute approximate surface area is 224 Å². The van der Waals surface area contributed by atoms with E-state index < -0.39 is 6.10 Å². The van der Waals surface area contributed by atoms with E-state index in [2.05, 4.69) is 23.4 Å². The molecule has 1 aromatic carbocycles. The number of carbonyl (C=O) groups is 1. The van der Waals surface area contributed by atoms with Crippen LogP contribution >= 0.6 is 22.9 Å². The Morgan fingerprint density at radius 3 is 2.73 bits per heavy atom. The molecule has 0 radical (unpaired) electrons. The van der Waals surface area contributed by atoms with Gasteiger partial charge in [-0.1, -0.05) is 24.6 Å². The van der Waals surface area contributed by atoms with E-state index in [1.54, 1.807) is 23.6 Å². The highest BCUT2D eigenvalue weighted by Crippen LogP contribution is 2.38. The molecule has 3 aromatic rings. The number of rotatable bonds is 5. The SMILES string of the molecule is CC1CCN(C(=O)c2ccc(-c3cc(-c4ccnc(O[C@@H]5CO[C@H]6[C@@H]5OC[C@H]6O)c4)cs3)c(Cl)c2)CC1. The van der Waals surface area contributed by atoms with Crippen LogP contribution in [0.3, 0.4) is 0 Å². The van der Waals surface area contributed by atoms with E-state index in [0.29, 0.717) is 29.0 Å². The summed E-state index contributed by atoms with van der Waals surface area (Å²) < 4.78 is 17.4. The maximum absolute atomic E-state index is 13.0. The van der Waals surface area contributed by atoms with E-state index >= 15 is 0 Å². The van der Waals surface area contributed by atoms with Crippen LogP contribution in [0.25, 0.3) is 21.6 Å². The molecule has 194 valence electrons. The number of nitrogens with zero attached hydrogens (tertiary/aromatic N) is 2. The number of hydrogen-bond donors (Lipinski definition) is 1. The topological polar surface area (TPSA) is 81.1 Å². The number of likely N-dealkylation sites (tertiary alicyclic amines) is 1. The highest BCUT2D eigenvalue weighted by molar-refractivity contribution is 7.14. The normalized spacial score (nSPS) is 25.9. The van der Waals surface area contributed by atoms with Crippen molar-refractivity contribution < 1.29 is 24.1 Å². The van der Waals surface area contributed by atoms with Gasteiger partial charge in [-0.05, 0) is 59.5 Å². The van der Waals surface area contributed by atoms with E-state index in [4.69, 9.17) is 25.8 Å². The molecule has 3 aliphatic rings. The molecule has 1 amide bonds. The number of carbonyl (C=O) groups excluding carboxylic acids is 1. The number of hydrogen-bond acceptors (Lipinski definition) is 7. The molecule has 9 heteroatoms. The number of ether oxygens (including phenoxy) is 3. The van der Waals surface area contributed by atoms with Crippen LogP contribution in [0.15, 0.2) is 48.0 Å². The lowest BCUT2D eigenvalue weighted by molar-refractivity contribution is 0.00781. The molecular formula is C28H29ClN2O5S. The fourth-order valence-corrected chi connectivity index (χ4v) is 6.52. The van der Waals surface area contributed by atoms with Gasteiger partial charge in [0.1, 0.15) is 18.3 Å². The number of benzene rings is 1. The first kappa shape index (κ1) is 24.8. The van der Waals surface area contributed by atoms with Crippen molar-refractivity contribution in [2.45, 2.75) is 44.2 Å². The van der Waals surface area contributed by atoms with Gasteiger partial charge in [0.2, 0.25) is 5.88 Å². The molecule has 7 nitrogen and oxygen atoms in total. The van der Waals surface area contributed by atoms with Gasteiger partial charge in [-0.3, -0.25) is 4.79 Å². The Balaban J connectivity index is 1.16. The zero-order valence-corrected chi connectivity index (χ0v) is 22.1. The van der Waals surface area contributed by atoms with Gasteiger partial charge >= 0.3 is 0 Å². The predicted molar refractivity (Wildman–Crippen MR) is 142 cm³/mol. The summed E-state index contributed by atoms with van der Waals surface area (Å²) in [6, 6.07) is 11.5. The summed E-state index contributed by atoms with van der Waals surface area (Å²) in [7, 11) is 0. The first-order chi connectivity index (χ1) is 18.0. The summed E-state index contributed by atoms with van der Waals surface area (Å²) in [5.41, 5.74) is 3.53. The average Bonchev–Trinajstić information content (AvgIpc) is 3.63. The van der Waals surface area contributed by atoms with Crippen LogP contribution < -0.4 is 4.74 Å². The number of pyridine rings is 1. The van der Waals surface area contributed by atoms with Crippen molar-refractivity contribution in [3.05, 3.63) is 58.6 Å². The number of halogens is 1. The summed E-state index contributed by atoms with van der Waals surface area (Å²) in [4.78, 5) is 20.3. The Bertz CT molecular complexity index is 1290. The molecule has 4 atom stereocenters. The number of amides is 1. The fraction of sp³-hybridized carbons (Fsp3) is 0.429. The number of aromatic nitrogens is 1. The molecule has 0 bridgehead atoms. The Hall–Kier alpha value is -2.49. The summed E-state index contributed by atoms with van der Waals surface area (Å²) in [5.74, 6) is 1.20. The number of fused-ring (bicyclic) bond motifs is 1. The third-order valence-corrected chi connectivity index (χ3v) is 8.75. The minimum absolute atomic E-state index is 0.0491. The summed E-state index contributed by atoms with van der Waals surface area (Å²) in [5, 5.41) is 12.6. The van der Waals surface area contributed by atoms with Crippen molar-refractivity contribution in [2.75, 3.05) is 26.3 Å². The van der Waals surface area contributed by atoms with E-state index in [1.807, 2.05) is 29.2 Å². The van der Waals surface area contributed by atoms with Crippen molar-refractivity contribution in [3.63, 3.8) is 0 Å². The molecule has 37 heavy (non-hydrogen) atoms. The Morgan fingerprint density at radius 1 is 1.11 bits per heavy atom. The van der Waals surface area contributed by atoms with E-state index in [0.717, 1.165) is 47.5 Å². The largest absolute Gasteiger partial charge is 0.469 e. The molecule has 0 aliphatic carbocycles. The Morgan fingerprint density at radius 2 is 1.92 bits per heavy atom. The molecule has 3 aliphatic heterocycles. The van der Waals surface area contributed by atoms with Crippen molar-refractivity contribution in [1.29, 1.82) is 0 Å². The Kier molecular flexibility index (Phi) is 6.94. The van der Waals surface area contributed by atoms with Gasteiger partial charge in [0.05, 0.1) is 18.2 Å². The first-order valence-electron chi connectivity index (χ1n) is 12.7. The zero-order valence-electron chi connectivity index (χ0n) is 20.5. The number of thiophene rings is 1. The zero-order chi connectivity index (χ0) is 25.5. The van der Waals surface area contributed by atoms with E-state index in [9.17, 15) is 9.90 Å². The van der Waals surface area contributed by atoms with Crippen molar-refractivity contribution in [3.8, 4) is 27.4 Å². The van der Waals surface area contributed by atoms with Crippen LogP contribution in [-0.4, -0.2) is 71.6 Å². The number of aliphatic hydroxyl groups excluding tert-OH is 1. The molecule has 3 saturated heterocycles. The van der Waals surface area contributed by atoms with Crippen LogP contribution in [-0.2, 0) is 9.47 Å². The van der Waals surface area contributed by atoms with Crippen LogP contribution in [0.5, 0.6) is 5.88 Å². The molecule has 3 fully saturated rings. The lowest BCUT2D eigenvalue weighted by atomic mass is 9.98. The minimum Gasteiger partial charge on any atom is -0.469 e. The summed E-state index contributed by atoms with van der Waals surface area (Å²) >= 11 is 8.26. The standard InChI is InChI=1S/C28H29ClN2O5S/c1-16-5-8-31(9-6-16)28(33)18-2-3-20(21(29)10-18)24-11-19(15-37-24)17-4-7-30-25(12-17)36-23-14-35-26-22(32)13-34-27(23)26/h2-4,7,10-12,15-16,22-23,26-27,32H,5-6,8-9,13-14H2,1H3/t22-,23-,26-,27-/m1/s1. The molecule has 0 saturated carbocycles. The molecule has 0 unspecified atom stereocenters. The first-order valence-corrected chi connectivity index (χ1v) is 13.9. The van der Waals surface area contributed by atoms with Crippen LogP contribution in [0.1, 0.15) is 30.1 Å². The maximum Gasteiger partial charge on any atom is 0.253 e. The van der Waals surface area contributed by atoms with Crippen molar-refractivity contribution in [2.24, 2.45) is 5.92 Å². The lowest BCUT2D eigenvalue weighted by Gasteiger charge is -2.30.